The third-order valence-electron chi connectivity index (χ3n) is 4.61. The summed E-state index contributed by atoms with van der Waals surface area (Å²) in [4.78, 5) is 9.02. The van der Waals surface area contributed by atoms with Gasteiger partial charge in [-0.25, -0.2) is 14.4 Å². The fraction of sp³-hybridized carbons (Fsp3) is 0.381. The van der Waals surface area contributed by atoms with Gasteiger partial charge in [-0.05, 0) is 55.0 Å². The number of hydrogen-bond donors (Lipinski definition) is 1. The van der Waals surface area contributed by atoms with E-state index in [4.69, 9.17) is 5.10 Å². The topological polar surface area (TPSA) is 55.6 Å². The SMILES string of the molecule is CC(C)Cn1cc(-c2ccnc(NCC3CC3)n2)c(-c2ccc(F)cc2)n1. The molecule has 1 aliphatic carbocycles. The highest BCUT2D eigenvalue weighted by Gasteiger charge is 2.21. The maximum atomic E-state index is 13.4. The highest BCUT2D eigenvalue weighted by Crippen LogP contribution is 2.31. The van der Waals surface area contributed by atoms with Crippen molar-refractivity contribution in [2.24, 2.45) is 11.8 Å². The van der Waals surface area contributed by atoms with E-state index in [2.05, 4.69) is 29.1 Å². The molecular weight excluding hydrogens is 341 g/mol. The first-order valence-electron chi connectivity index (χ1n) is 9.49. The summed E-state index contributed by atoms with van der Waals surface area (Å²) in [7, 11) is 0. The highest BCUT2D eigenvalue weighted by molar-refractivity contribution is 5.78. The molecule has 0 radical (unpaired) electrons. The average molecular weight is 365 g/mol. The second kappa shape index (κ2) is 7.47. The van der Waals surface area contributed by atoms with Gasteiger partial charge in [0.25, 0.3) is 0 Å². The Labute approximate surface area is 158 Å². The summed E-state index contributed by atoms with van der Waals surface area (Å²) in [6, 6.07) is 8.33. The van der Waals surface area contributed by atoms with Crippen molar-refractivity contribution in [3.05, 3.63) is 48.5 Å². The van der Waals surface area contributed by atoms with Crippen LogP contribution in [0.2, 0.25) is 0 Å². The zero-order valence-electron chi connectivity index (χ0n) is 15.7. The Hall–Kier alpha value is -2.76. The molecule has 6 heteroatoms. The van der Waals surface area contributed by atoms with E-state index in [1.54, 1.807) is 18.3 Å². The van der Waals surface area contributed by atoms with E-state index in [-0.39, 0.29) is 5.82 Å². The maximum absolute atomic E-state index is 13.4. The normalized spacial score (nSPS) is 13.9. The molecule has 3 aromatic rings. The fourth-order valence-electron chi connectivity index (χ4n) is 3.05. The van der Waals surface area contributed by atoms with Crippen LogP contribution in [-0.2, 0) is 6.54 Å². The largest absolute Gasteiger partial charge is 0.354 e. The Morgan fingerprint density at radius 3 is 2.67 bits per heavy atom. The molecule has 0 saturated heterocycles. The quantitative estimate of drug-likeness (QED) is 0.663. The molecule has 0 aliphatic heterocycles. The van der Waals surface area contributed by atoms with E-state index in [0.717, 1.165) is 41.5 Å². The lowest BCUT2D eigenvalue weighted by molar-refractivity contribution is 0.484. The Morgan fingerprint density at radius 2 is 1.96 bits per heavy atom. The van der Waals surface area contributed by atoms with Gasteiger partial charge in [0.05, 0.1) is 5.69 Å². The molecule has 0 atom stereocenters. The predicted molar refractivity (Wildman–Crippen MR) is 105 cm³/mol. The first-order valence-corrected chi connectivity index (χ1v) is 9.49. The highest BCUT2D eigenvalue weighted by atomic mass is 19.1. The molecule has 4 rings (SSSR count). The van der Waals surface area contributed by atoms with Gasteiger partial charge in [0.2, 0.25) is 5.95 Å². The van der Waals surface area contributed by atoms with Gasteiger partial charge in [-0.15, -0.1) is 0 Å². The number of nitrogens with one attached hydrogen (secondary N) is 1. The Kier molecular flexibility index (Phi) is 4.88. The maximum Gasteiger partial charge on any atom is 0.223 e. The molecule has 0 amide bonds. The average Bonchev–Trinajstić information content (AvgIpc) is 3.39. The van der Waals surface area contributed by atoms with Crippen molar-refractivity contribution in [2.75, 3.05) is 11.9 Å². The molecular formula is C21H24FN5. The van der Waals surface area contributed by atoms with Crippen LogP contribution in [0.25, 0.3) is 22.5 Å². The molecule has 5 nitrogen and oxygen atoms in total. The van der Waals surface area contributed by atoms with Gasteiger partial charge >= 0.3 is 0 Å². The summed E-state index contributed by atoms with van der Waals surface area (Å²) in [5, 5.41) is 8.08. The number of halogens is 1. The molecule has 1 saturated carbocycles. The lowest BCUT2D eigenvalue weighted by Gasteiger charge is -2.06. The molecule has 0 spiro atoms. The van der Waals surface area contributed by atoms with E-state index in [9.17, 15) is 4.39 Å². The summed E-state index contributed by atoms with van der Waals surface area (Å²) in [5.74, 6) is 1.61. The molecule has 1 N–H and O–H groups in total. The molecule has 1 aliphatic rings. The predicted octanol–water partition coefficient (Wildman–Crippen LogP) is 4.62. The standard InChI is InChI=1S/C21H24FN5/c1-14(2)12-27-13-18(20(26-27)16-5-7-17(22)8-6-16)19-9-10-23-21(25-19)24-11-15-3-4-15/h5-10,13-15H,3-4,11-12H2,1-2H3,(H,23,24,25). The molecule has 27 heavy (non-hydrogen) atoms. The Bertz CT molecular complexity index is 913. The van der Waals surface area contributed by atoms with Crippen molar-refractivity contribution >= 4 is 5.95 Å². The van der Waals surface area contributed by atoms with Gasteiger partial charge in [0.15, 0.2) is 0 Å². The smallest absolute Gasteiger partial charge is 0.223 e. The number of nitrogens with zero attached hydrogens (tertiary/aromatic N) is 4. The molecule has 2 heterocycles. The molecule has 1 aromatic carbocycles. The van der Waals surface area contributed by atoms with Crippen LogP contribution in [0.1, 0.15) is 26.7 Å². The third-order valence-corrected chi connectivity index (χ3v) is 4.61. The van der Waals surface area contributed by atoms with Crippen LogP contribution in [0, 0.1) is 17.7 Å². The van der Waals surface area contributed by atoms with Crippen LogP contribution in [0.3, 0.4) is 0 Å². The molecule has 2 aromatic heterocycles. The van der Waals surface area contributed by atoms with Crippen molar-refractivity contribution in [3.63, 3.8) is 0 Å². The van der Waals surface area contributed by atoms with Gasteiger partial charge in [-0.2, -0.15) is 5.10 Å². The molecule has 1 fully saturated rings. The Morgan fingerprint density at radius 1 is 1.19 bits per heavy atom. The summed E-state index contributed by atoms with van der Waals surface area (Å²) in [6.07, 6.45) is 6.35. The van der Waals surface area contributed by atoms with E-state index >= 15 is 0 Å². The van der Waals surface area contributed by atoms with Gasteiger partial charge < -0.3 is 5.32 Å². The van der Waals surface area contributed by atoms with Crippen LogP contribution < -0.4 is 5.32 Å². The van der Waals surface area contributed by atoms with E-state index < -0.39 is 0 Å². The number of benzene rings is 1. The number of hydrogen-bond acceptors (Lipinski definition) is 4. The molecule has 0 unspecified atom stereocenters. The van der Waals surface area contributed by atoms with Crippen molar-refractivity contribution in [3.8, 4) is 22.5 Å². The van der Waals surface area contributed by atoms with E-state index in [1.807, 2.05) is 16.9 Å². The van der Waals surface area contributed by atoms with Gasteiger partial charge in [-0.3, -0.25) is 4.68 Å². The zero-order valence-corrected chi connectivity index (χ0v) is 15.7. The summed E-state index contributed by atoms with van der Waals surface area (Å²) in [6.45, 7) is 6.04. The Balaban J connectivity index is 1.70. The fourth-order valence-corrected chi connectivity index (χ4v) is 3.05. The minimum absolute atomic E-state index is 0.254. The first-order chi connectivity index (χ1) is 13.1. The minimum atomic E-state index is -0.254. The van der Waals surface area contributed by atoms with Crippen LogP contribution in [0.4, 0.5) is 10.3 Å². The van der Waals surface area contributed by atoms with E-state index in [1.165, 1.54) is 25.0 Å². The molecule has 140 valence electrons. The van der Waals surface area contributed by atoms with E-state index in [0.29, 0.717) is 11.9 Å². The lowest BCUT2D eigenvalue weighted by Crippen LogP contribution is -2.07. The second-order valence-corrected chi connectivity index (χ2v) is 7.60. The van der Waals surface area contributed by atoms with Crippen molar-refractivity contribution in [1.82, 2.24) is 19.7 Å². The van der Waals surface area contributed by atoms with Crippen LogP contribution in [-0.4, -0.2) is 26.3 Å². The number of anilines is 1. The first kappa shape index (κ1) is 17.6. The van der Waals surface area contributed by atoms with Crippen LogP contribution >= 0.6 is 0 Å². The zero-order chi connectivity index (χ0) is 18.8. The van der Waals surface area contributed by atoms with Crippen molar-refractivity contribution < 1.29 is 4.39 Å². The monoisotopic (exact) mass is 365 g/mol. The number of aromatic nitrogens is 4. The summed E-state index contributed by atoms with van der Waals surface area (Å²) >= 11 is 0. The summed E-state index contributed by atoms with van der Waals surface area (Å²) in [5.41, 5.74) is 3.43. The summed E-state index contributed by atoms with van der Waals surface area (Å²) < 4.78 is 15.3. The number of rotatable bonds is 7. The second-order valence-electron chi connectivity index (χ2n) is 7.60. The van der Waals surface area contributed by atoms with Crippen LogP contribution in [0.5, 0.6) is 0 Å². The third kappa shape index (κ3) is 4.32. The van der Waals surface area contributed by atoms with Crippen molar-refractivity contribution in [2.45, 2.75) is 33.2 Å². The van der Waals surface area contributed by atoms with Gasteiger partial charge in [0.1, 0.15) is 11.5 Å². The van der Waals surface area contributed by atoms with Crippen molar-refractivity contribution in [1.29, 1.82) is 0 Å². The minimum Gasteiger partial charge on any atom is -0.354 e. The lowest BCUT2D eigenvalue weighted by atomic mass is 10.1. The van der Waals surface area contributed by atoms with Crippen LogP contribution in [0.15, 0.2) is 42.7 Å². The van der Waals surface area contributed by atoms with Gasteiger partial charge in [-0.1, -0.05) is 13.8 Å². The molecule has 0 bridgehead atoms. The van der Waals surface area contributed by atoms with Gasteiger partial charge in [0, 0.05) is 36.6 Å².